The summed E-state index contributed by atoms with van der Waals surface area (Å²) in [4.78, 5) is 24.4. The van der Waals surface area contributed by atoms with Gasteiger partial charge in [0, 0.05) is 0 Å². The Balaban J connectivity index is 1.87. The summed E-state index contributed by atoms with van der Waals surface area (Å²) in [5.41, 5.74) is 2.77. The van der Waals surface area contributed by atoms with Crippen molar-refractivity contribution in [3.05, 3.63) is 63.3 Å². The fraction of sp³-hybridized carbons (Fsp3) is 0.263. The summed E-state index contributed by atoms with van der Waals surface area (Å²) >= 11 is 1.14. The van der Waals surface area contributed by atoms with Crippen molar-refractivity contribution in [1.82, 2.24) is 4.57 Å². The number of esters is 1. The third-order valence-corrected chi connectivity index (χ3v) is 4.84. The summed E-state index contributed by atoms with van der Waals surface area (Å²) in [7, 11) is 0. The van der Waals surface area contributed by atoms with Gasteiger partial charge in [0.15, 0.2) is 0 Å². The van der Waals surface area contributed by atoms with Gasteiger partial charge >= 0.3 is 10.8 Å². The minimum Gasteiger partial charge on any atom is -0.425 e. The Morgan fingerprint density at radius 2 is 1.96 bits per heavy atom. The molecule has 3 rings (SSSR count). The first kappa shape index (κ1) is 16.5. The highest BCUT2D eigenvalue weighted by Crippen LogP contribution is 2.27. The molecule has 0 spiro atoms. The number of hydrogen-bond donors (Lipinski definition) is 0. The predicted octanol–water partition coefficient (Wildman–Crippen LogP) is 4.10. The van der Waals surface area contributed by atoms with Crippen LogP contribution in [0.5, 0.6) is 5.75 Å². The highest BCUT2D eigenvalue weighted by Gasteiger charge is 2.15. The van der Waals surface area contributed by atoms with Crippen LogP contribution in [0.1, 0.15) is 30.9 Å². The number of nitrogens with zero attached hydrogens (tertiary/aromatic N) is 1. The van der Waals surface area contributed by atoms with Crippen LogP contribution in [0, 0.1) is 6.92 Å². The third-order valence-electron chi connectivity index (χ3n) is 3.88. The van der Waals surface area contributed by atoms with Crippen LogP contribution in [0.25, 0.3) is 10.2 Å². The fourth-order valence-electron chi connectivity index (χ4n) is 2.65. The quantitative estimate of drug-likeness (QED) is 0.530. The highest BCUT2D eigenvalue weighted by atomic mass is 32.1. The molecular formula is C19H19NO3S. The standard InChI is InChI=1S/C19H19NO3S/c1-12(2)14-9-8-13(3)10-16(14)23-18(21)11-20-15-6-4-5-7-17(15)24-19(20)22/h4-10,12H,11H2,1-3H3. The highest BCUT2D eigenvalue weighted by molar-refractivity contribution is 7.16. The van der Waals surface area contributed by atoms with E-state index in [-0.39, 0.29) is 17.3 Å². The smallest absolute Gasteiger partial charge is 0.331 e. The molecule has 0 fully saturated rings. The van der Waals surface area contributed by atoms with Gasteiger partial charge in [0.25, 0.3) is 0 Å². The maximum Gasteiger partial charge on any atom is 0.331 e. The molecule has 0 saturated heterocycles. The van der Waals surface area contributed by atoms with Crippen molar-refractivity contribution in [3.63, 3.8) is 0 Å². The van der Waals surface area contributed by atoms with Crippen molar-refractivity contribution in [2.45, 2.75) is 33.2 Å². The molecule has 0 bridgehead atoms. The Morgan fingerprint density at radius 3 is 2.71 bits per heavy atom. The molecule has 124 valence electrons. The first-order valence-electron chi connectivity index (χ1n) is 7.85. The largest absolute Gasteiger partial charge is 0.425 e. The van der Waals surface area contributed by atoms with Crippen molar-refractivity contribution in [1.29, 1.82) is 0 Å². The summed E-state index contributed by atoms with van der Waals surface area (Å²) < 4.78 is 7.91. The van der Waals surface area contributed by atoms with Crippen molar-refractivity contribution in [2.24, 2.45) is 0 Å². The minimum absolute atomic E-state index is 0.0890. The van der Waals surface area contributed by atoms with Gasteiger partial charge in [-0.3, -0.25) is 9.36 Å². The zero-order valence-corrected chi connectivity index (χ0v) is 14.7. The number of benzene rings is 2. The molecule has 0 atom stereocenters. The lowest BCUT2D eigenvalue weighted by Gasteiger charge is -2.14. The van der Waals surface area contributed by atoms with Gasteiger partial charge in [0.05, 0.1) is 10.2 Å². The maximum absolute atomic E-state index is 12.4. The van der Waals surface area contributed by atoms with Crippen molar-refractivity contribution < 1.29 is 9.53 Å². The second kappa shape index (κ2) is 6.61. The van der Waals surface area contributed by atoms with E-state index in [0.717, 1.165) is 32.7 Å². The molecule has 0 N–H and O–H groups in total. The monoisotopic (exact) mass is 341 g/mol. The Bertz CT molecular complexity index is 953. The molecule has 2 aromatic carbocycles. The second-order valence-corrected chi connectivity index (χ2v) is 7.09. The SMILES string of the molecule is Cc1ccc(C(C)C)c(OC(=O)Cn2c(=O)sc3ccccc32)c1. The number of aryl methyl sites for hydroxylation is 1. The average molecular weight is 341 g/mol. The van der Waals surface area contributed by atoms with E-state index in [0.29, 0.717) is 5.75 Å². The third kappa shape index (κ3) is 3.26. The van der Waals surface area contributed by atoms with E-state index in [2.05, 4.69) is 13.8 Å². The molecule has 1 heterocycles. The Labute approximate surface area is 144 Å². The Kier molecular flexibility index (Phi) is 4.53. The van der Waals surface area contributed by atoms with Gasteiger partial charge in [-0.15, -0.1) is 0 Å². The predicted molar refractivity (Wildman–Crippen MR) is 97.0 cm³/mol. The summed E-state index contributed by atoms with van der Waals surface area (Å²) in [6.07, 6.45) is 0. The van der Waals surface area contributed by atoms with Crippen LogP contribution in [0.4, 0.5) is 0 Å². The zero-order chi connectivity index (χ0) is 17.3. The Morgan fingerprint density at radius 1 is 1.21 bits per heavy atom. The number of thiazole rings is 1. The fourth-order valence-corrected chi connectivity index (χ4v) is 3.55. The summed E-state index contributed by atoms with van der Waals surface area (Å²) in [6, 6.07) is 13.3. The van der Waals surface area contributed by atoms with Gasteiger partial charge in [0.1, 0.15) is 12.3 Å². The lowest BCUT2D eigenvalue weighted by molar-refractivity contribution is -0.135. The van der Waals surface area contributed by atoms with Gasteiger partial charge in [-0.2, -0.15) is 0 Å². The number of carbonyl (C=O) groups excluding carboxylic acids is 1. The topological polar surface area (TPSA) is 48.3 Å². The lowest BCUT2D eigenvalue weighted by Crippen LogP contribution is -2.23. The number of carbonyl (C=O) groups is 1. The molecule has 0 aliphatic rings. The second-order valence-electron chi connectivity index (χ2n) is 6.09. The van der Waals surface area contributed by atoms with Crippen molar-refractivity contribution in [2.75, 3.05) is 0 Å². The summed E-state index contributed by atoms with van der Waals surface area (Å²) in [6.45, 7) is 5.98. The molecule has 0 aliphatic heterocycles. The van der Waals surface area contributed by atoms with E-state index in [1.807, 2.05) is 49.4 Å². The lowest BCUT2D eigenvalue weighted by atomic mass is 10.0. The van der Waals surface area contributed by atoms with Crippen molar-refractivity contribution in [3.8, 4) is 5.75 Å². The molecule has 5 heteroatoms. The van der Waals surface area contributed by atoms with E-state index in [1.54, 1.807) is 0 Å². The van der Waals surface area contributed by atoms with Crippen molar-refractivity contribution >= 4 is 27.5 Å². The minimum atomic E-state index is -0.437. The number of fused-ring (bicyclic) bond motifs is 1. The molecule has 0 radical (unpaired) electrons. The zero-order valence-electron chi connectivity index (χ0n) is 13.9. The van der Waals surface area contributed by atoms with Crippen LogP contribution in [0.3, 0.4) is 0 Å². The van der Waals surface area contributed by atoms with Crippen LogP contribution in [-0.4, -0.2) is 10.5 Å². The van der Waals surface area contributed by atoms with E-state index in [4.69, 9.17) is 4.74 Å². The average Bonchev–Trinajstić information content (AvgIpc) is 2.83. The van der Waals surface area contributed by atoms with Gasteiger partial charge in [0.2, 0.25) is 0 Å². The van der Waals surface area contributed by atoms with E-state index >= 15 is 0 Å². The molecule has 0 unspecified atom stereocenters. The number of para-hydroxylation sites is 1. The number of hydrogen-bond acceptors (Lipinski definition) is 4. The molecular weight excluding hydrogens is 322 g/mol. The molecule has 0 aliphatic carbocycles. The number of aromatic nitrogens is 1. The summed E-state index contributed by atoms with van der Waals surface area (Å²) in [5, 5.41) is 0. The maximum atomic E-state index is 12.4. The van der Waals surface area contributed by atoms with Gasteiger partial charge in [-0.1, -0.05) is 49.4 Å². The number of ether oxygens (including phenoxy) is 1. The van der Waals surface area contributed by atoms with Crippen LogP contribution < -0.4 is 9.61 Å². The molecule has 0 amide bonds. The van der Waals surface area contributed by atoms with Gasteiger partial charge in [-0.05, 0) is 42.2 Å². The molecule has 4 nitrogen and oxygen atoms in total. The van der Waals surface area contributed by atoms with Crippen LogP contribution in [0.2, 0.25) is 0 Å². The van der Waals surface area contributed by atoms with Gasteiger partial charge in [-0.25, -0.2) is 4.79 Å². The molecule has 0 saturated carbocycles. The van der Waals surface area contributed by atoms with Crippen LogP contribution >= 0.6 is 11.3 Å². The number of rotatable bonds is 4. The van der Waals surface area contributed by atoms with E-state index in [1.165, 1.54) is 4.57 Å². The Hall–Kier alpha value is -2.40. The van der Waals surface area contributed by atoms with Crippen LogP contribution in [-0.2, 0) is 11.3 Å². The first-order valence-corrected chi connectivity index (χ1v) is 8.67. The molecule has 1 aromatic heterocycles. The normalized spacial score (nSPS) is 11.2. The molecule has 3 aromatic rings. The van der Waals surface area contributed by atoms with E-state index in [9.17, 15) is 9.59 Å². The molecule has 24 heavy (non-hydrogen) atoms. The van der Waals surface area contributed by atoms with E-state index < -0.39 is 5.97 Å². The first-order chi connectivity index (χ1) is 11.5. The summed E-state index contributed by atoms with van der Waals surface area (Å²) in [5.74, 6) is 0.383. The van der Waals surface area contributed by atoms with Gasteiger partial charge < -0.3 is 4.74 Å². The van der Waals surface area contributed by atoms with Crippen LogP contribution in [0.15, 0.2) is 47.3 Å².